The molecule has 0 radical (unpaired) electrons. The number of likely N-dealkylation sites (N-methyl/N-ethyl adjacent to an activating group) is 3. The minimum Gasteiger partial charge on any atom is -0.508 e. The number of aliphatic hydroxyl groups excluding tert-OH is 1. The van der Waals surface area contributed by atoms with Crippen LogP contribution in [0.5, 0.6) is 11.5 Å². The zero-order valence-corrected chi connectivity index (χ0v) is 49.4. The summed E-state index contributed by atoms with van der Waals surface area (Å²) in [7, 11) is 5.98. The van der Waals surface area contributed by atoms with E-state index in [1.54, 1.807) is 48.5 Å². The molecule has 0 unspecified atom stereocenters. The number of benzene rings is 4. The molecule has 0 aromatic heterocycles. The summed E-state index contributed by atoms with van der Waals surface area (Å²) in [6.07, 6.45) is -0.789. The van der Waals surface area contributed by atoms with Crippen molar-refractivity contribution in [1.29, 1.82) is 0 Å². The predicted molar refractivity (Wildman–Crippen MR) is 317 cm³/mol. The standard InChI is InChI=1S/C58H75ClN10O12S2/c1-6-38(27-34-12-20-40(59)21-13-34)52(75)65-45-31-82-83-32-46(57(80)67(3)47(51(62)74)29-36-14-22-41(71)23-15-36)66-55(78)49(33(2)70)69(5)56(79)43(9-7-8-26-60)63-53(76)44(28-35-10-18-39(19-11-35)50(61)73)64-54(77)48(68(4)58(45)81)30-37-16-24-42(72)25-17-37/h10-25,33,38,43-49,70-72H,6-9,26-32,60H2,1-5H3,(H2,61,73)(H2,62,74)(H,63,76)(H,64,77)(H,65,75)(H,66,78)/t33-,38+,43+,44-,45-,46+,47-,48+,49+/m1/s1. The van der Waals surface area contributed by atoms with Crippen molar-refractivity contribution in [2.24, 2.45) is 23.1 Å². The number of rotatable bonds is 20. The number of carbonyl (C=O) groups excluding carboxylic acids is 9. The Labute approximate surface area is 495 Å². The number of primary amides is 2. The van der Waals surface area contributed by atoms with Gasteiger partial charge in [-0.25, -0.2) is 0 Å². The Hall–Kier alpha value is -7.38. The summed E-state index contributed by atoms with van der Waals surface area (Å²) in [6, 6.07) is 14.5. The average molecular weight is 1200 g/mol. The molecule has 1 saturated heterocycles. The lowest BCUT2D eigenvalue weighted by Gasteiger charge is -2.35. The van der Waals surface area contributed by atoms with Gasteiger partial charge in [0, 0.05) is 68.4 Å². The SMILES string of the molecule is CC[C@@H](Cc1ccc(Cl)cc1)C(=O)N[C@@H]1CSSC[C@@H](C(=O)N(C)[C@H](Cc2ccc(O)cc2)C(N)=O)NC(=O)[C@H]([C@@H](C)O)N(C)C(=O)[C@H](CCCCN)NC(=O)[C@@H](Cc2ccc(C(N)=O)cc2)NC(=O)[C@H](Cc2ccc(O)cc2)N(C)C1=O. The molecule has 13 N–H and O–H groups in total. The van der Waals surface area contributed by atoms with Gasteiger partial charge in [0.05, 0.1) is 6.10 Å². The number of phenolic OH excluding ortho intramolecular Hbond substituents is 2. The molecule has 9 atom stereocenters. The molecule has 0 bridgehead atoms. The second-order valence-corrected chi connectivity index (χ2v) is 23.5. The molecule has 1 heterocycles. The van der Waals surface area contributed by atoms with Crippen LogP contribution in [0.3, 0.4) is 0 Å². The van der Waals surface area contributed by atoms with Crippen LogP contribution in [0, 0.1) is 5.92 Å². The third-order valence-electron chi connectivity index (χ3n) is 14.4. The monoisotopic (exact) mass is 1200 g/mol. The maximum atomic E-state index is 15.2. The first-order valence-corrected chi connectivity index (χ1v) is 29.9. The predicted octanol–water partition coefficient (Wildman–Crippen LogP) is 1.96. The second-order valence-electron chi connectivity index (χ2n) is 20.5. The molecule has 448 valence electrons. The quantitative estimate of drug-likeness (QED) is 0.0447. The molecule has 22 nitrogen and oxygen atoms in total. The fraction of sp³-hybridized carbons (Fsp3) is 0.431. The zero-order valence-electron chi connectivity index (χ0n) is 47.0. The number of aromatic hydroxyl groups is 2. The molecule has 9 amide bonds. The van der Waals surface area contributed by atoms with Gasteiger partial charge in [-0.1, -0.05) is 88.6 Å². The number of hydrogen-bond acceptors (Lipinski definition) is 15. The number of phenols is 2. The van der Waals surface area contributed by atoms with Crippen molar-refractivity contribution in [3.05, 3.63) is 130 Å². The Morgan fingerprint density at radius 2 is 1.25 bits per heavy atom. The van der Waals surface area contributed by atoms with Gasteiger partial charge in [-0.15, -0.1) is 0 Å². The third-order valence-corrected chi connectivity index (χ3v) is 17.1. The van der Waals surface area contributed by atoms with Crippen molar-refractivity contribution < 1.29 is 58.5 Å². The lowest BCUT2D eigenvalue weighted by molar-refractivity contribution is -0.147. The van der Waals surface area contributed by atoms with Crippen LogP contribution >= 0.6 is 33.2 Å². The molecule has 5 rings (SSSR count). The first kappa shape index (κ1) is 66.4. The summed E-state index contributed by atoms with van der Waals surface area (Å²) in [5, 5.41) is 43.1. The van der Waals surface area contributed by atoms with Gasteiger partial charge in [0.25, 0.3) is 0 Å². The van der Waals surface area contributed by atoms with E-state index in [9.17, 15) is 48.9 Å². The molecule has 1 fully saturated rings. The van der Waals surface area contributed by atoms with E-state index < -0.39 is 107 Å². The number of aliphatic hydroxyl groups is 1. The number of hydrogen-bond donors (Lipinski definition) is 10. The van der Waals surface area contributed by atoms with Gasteiger partial charge in [0.15, 0.2) is 0 Å². The first-order valence-electron chi connectivity index (χ1n) is 27.0. The minimum absolute atomic E-state index is 0.0318. The Morgan fingerprint density at radius 1 is 0.711 bits per heavy atom. The van der Waals surface area contributed by atoms with Gasteiger partial charge < -0.3 is 68.5 Å². The van der Waals surface area contributed by atoms with E-state index in [0.717, 1.165) is 41.9 Å². The summed E-state index contributed by atoms with van der Waals surface area (Å²) in [4.78, 5) is 132. The molecule has 83 heavy (non-hydrogen) atoms. The van der Waals surface area contributed by atoms with Crippen molar-refractivity contribution >= 4 is 86.4 Å². The summed E-state index contributed by atoms with van der Waals surface area (Å²) in [6.45, 7) is 3.29. The van der Waals surface area contributed by atoms with Gasteiger partial charge >= 0.3 is 0 Å². The molecular weight excluding hydrogens is 1130 g/mol. The summed E-state index contributed by atoms with van der Waals surface area (Å²) < 4.78 is 0. The van der Waals surface area contributed by atoms with Gasteiger partial charge in [-0.3, -0.25) is 43.2 Å². The lowest BCUT2D eigenvalue weighted by Crippen LogP contribution is -2.62. The molecule has 4 aromatic rings. The Kier molecular flexibility index (Phi) is 25.5. The molecule has 0 spiro atoms. The Morgan fingerprint density at radius 3 is 1.82 bits per heavy atom. The minimum atomic E-state index is -1.70. The van der Waals surface area contributed by atoms with Crippen LogP contribution < -0.4 is 38.5 Å². The van der Waals surface area contributed by atoms with E-state index in [0.29, 0.717) is 41.0 Å². The highest BCUT2D eigenvalue weighted by Crippen LogP contribution is 2.27. The van der Waals surface area contributed by atoms with Crippen LogP contribution in [0.4, 0.5) is 0 Å². The van der Waals surface area contributed by atoms with Crippen LogP contribution in [0.1, 0.15) is 72.1 Å². The smallest absolute Gasteiger partial charge is 0.248 e. The summed E-state index contributed by atoms with van der Waals surface area (Å²) in [5.41, 5.74) is 19.7. The number of halogens is 1. The fourth-order valence-electron chi connectivity index (χ4n) is 9.44. The van der Waals surface area contributed by atoms with Gasteiger partial charge in [0.1, 0.15) is 53.8 Å². The zero-order chi connectivity index (χ0) is 61.1. The van der Waals surface area contributed by atoms with Gasteiger partial charge in [0.2, 0.25) is 53.2 Å². The van der Waals surface area contributed by atoms with Crippen molar-refractivity contribution in [3.63, 3.8) is 0 Å². The number of amides is 9. The summed E-state index contributed by atoms with van der Waals surface area (Å²) >= 11 is 6.16. The van der Waals surface area contributed by atoms with Crippen LogP contribution in [-0.2, 0) is 64.0 Å². The molecule has 1 aliphatic heterocycles. The van der Waals surface area contributed by atoms with E-state index in [-0.39, 0.29) is 67.2 Å². The third kappa shape index (κ3) is 19.3. The van der Waals surface area contributed by atoms with Crippen LogP contribution in [0.25, 0.3) is 0 Å². The lowest BCUT2D eigenvalue weighted by atomic mass is 9.95. The van der Waals surface area contributed by atoms with Crippen LogP contribution in [-0.4, -0.2) is 171 Å². The number of nitrogens with one attached hydrogen (secondary N) is 4. The molecular formula is C58H75ClN10O12S2. The number of nitrogens with zero attached hydrogens (tertiary/aromatic N) is 3. The van der Waals surface area contributed by atoms with Crippen LogP contribution in [0.15, 0.2) is 97.1 Å². The largest absolute Gasteiger partial charge is 0.508 e. The highest BCUT2D eigenvalue weighted by Gasteiger charge is 2.41. The van der Waals surface area contributed by atoms with Crippen molar-refractivity contribution in [3.8, 4) is 11.5 Å². The maximum Gasteiger partial charge on any atom is 0.248 e. The van der Waals surface area contributed by atoms with Crippen LogP contribution in [0.2, 0.25) is 5.02 Å². The van der Waals surface area contributed by atoms with Gasteiger partial charge in [-0.05, 0) is 116 Å². The van der Waals surface area contributed by atoms with Crippen molar-refractivity contribution in [1.82, 2.24) is 36.0 Å². The fourth-order valence-corrected chi connectivity index (χ4v) is 11.9. The van der Waals surface area contributed by atoms with Gasteiger partial charge in [-0.2, -0.15) is 0 Å². The Bertz CT molecular complexity index is 2890. The van der Waals surface area contributed by atoms with E-state index in [2.05, 4.69) is 21.3 Å². The highest BCUT2D eigenvalue weighted by atomic mass is 35.5. The first-order chi connectivity index (χ1) is 39.4. The van der Waals surface area contributed by atoms with E-state index >= 15 is 9.59 Å². The molecule has 25 heteroatoms. The van der Waals surface area contributed by atoms with Crippen molar-refractivity contribution in [2.45, 2.75) is 114 Å². The Balaban J connectivity index is 1.65. The van der Waals surface area contributed by atoms with Crippen molar-refractivity contribution in [2.75, 3.05) is 39.2 Å². The average Bonchev–Trinajstić information content (AvgIpc) is 3.57. The number of carbonyl (C=O) groups is 9. The maximum absolute atomic E-state index is 15.2. The van der Waals surface area contributed by atoms with E-state index in [1.165, 1.54) is 76.6 Å². The topological polar surface area (TPSA) is 350 Å². The van der Waals surface area contributed by atoms with E-state index in [4.69, 9.17) is 28.8 Å². The number of unbranched alkanes of at least 4 members (excludes halogenated alkanes) is 1. The second kappa shape index (κ2) is 31.9. The molecule has 0 aliphatic carbocycles. The molecule has 1 aliphatic rings. The molecule has 0 saturated carbocycles. The summed E-state index contributed by atoms with van der Waals surface area (Å²) in [5.74, 6) is -8.42. The molecule has 4 aromatic carbocycles. The highest BCUT2D eigenvalue weighted by molar-refractivity contribution is 8.76. The van der Waals surface area contributed by atoms with E-state index in [1.807, 2.05) is 6.92 Å². The normalized spacial score (nSPS) is 20.9. The number of nitrogens with two attached hydrogens (primary N) is 3.